The van der Waals surface area contributed by atoms with E-state index in [0.717, 1.165) is 18.4 Å². The highest BCUT2D eigenvalue weighted by molar-refractivity contribution is 6.30. The van der Waals surface area contributed by atoms with Gasteiger partial charge in [-0.3, -0.25) is 14.5 Å². The molecule has 25 heavy (non-hydrogen) atoms. The molecule has 1 fully saturated rings. The average Bonchev–Trinajstić information content (AvgIpc) is 2.56. The molecule has 0 aliphatic carbocycles. The van der Waals surface area contributed by atoms with Crippen LogP contribution in [0.15, 0.2) is 18.2 Å². The molecule has 0 aromatic heterocycles. The van der Waals surface area contributed by atoms with E-state index in [-0.39, 0.29) is 18.5 Å². The highest BCUT2D eigenvalue weighted by atomic mass is 35.5. The smallest absolute Gasteiger partial charge is 0.317 e. The summed E-state index contributed by atoms with van der Waals surface area (Å²) >= 11 is 5.94. The Morgan fingerprint density at radius 2 is 2.04 bits per heavy atom. The number of aryl methyl sites for hydroxylation is 1. The number of rotatable bonds is 6. The number of benzene rings is 1. The van der Waals surface area contributed by atoms with E-state index in [2.05, 4.69) is 0 Å². The summed E-state index contributed by atoms with van der Waals surface area (Å²) in [5.41, 5.74) is 0.890. The van der Waals surface area contributed by atoms with Crippen molar-refractivity contribution in [3.63, 3.8) is 0 Å². The first-order valence-corrected chi connectivity index (χ1v) is 8.79. The first-order chi connectivity index (χ1) is 11.8. The number of carboxylic acid groups (broad SMARTS) is 1. The van der Waals surface area contributed by atoms with Crippen molar-refractivity contribution < 1.29 is 19.4 Å². The number of hydrogen-bond acceptors (Lipinski definition) is 4. The molecule has 1 amide bonds. The number of halogens is 1. The van der Waals surface area contributed by atoms with Gasteiger partial charge in [-0.05, 0) is 57.5 Å². The van der Waals surface area contributed by atoms with Gasteiger partial charge >= 0.3 is 5.97 Å². The second kappa shape index (κ2) is 8.54. The molecule has 1 atom stereocenters. The molecule has 1 aromatic carbocycles. The zero-order valence-corrected chi connectivity index (χ0v) is 15.6. The van der Waals surface area contributed by atoms with E-state index in [1.54, 1.807) is 30.0 Å². The minimum absolute atomic E-state index is 0.0218. The van der Waals surface area contributed by atoms with Crippen molar-refractivity contribution in [1.82, 2.24) is 9.80 Å². The molecule has 7 heteroatoms. The number of carbonyl (C=O) groups is 2. The Labute approximate surface area is 153 Å². The highest BCUT2D eigenvalue weighted by Crippen LogP contribution is 2.24. The van der Waals surface area contributed by atoms with Crippen molar-refractivity contribution >= 4 is 23.5 Å². The van der Waals surface area contributed by atoms with E-state index in [1.807, 2.05) is 18.9 Å². The summed E-state index contributed by atoms with van der Waals surface area (Å²) < 4.78 is 5.80. The third-order valence-electron chi connectivity index (χ3n) is 4.57. The number of ether oxygens (including phenoxy) is 1. The Balaban J connectivity index is 1.88. The normalized spacial score (nSPS) is 16.8. The van der Waals surface area contributed by atoms with E-state index >= 15 is 0 Å². The Morgan fingerprint density at radius 3 is 2.60 bits per heavy atom. The van der Waals surface area contributed by atoms with Crippen LogP contribution in [0.25, 0.3) is 0 Å². The summed E-state index contributed by atoms with van der Waals surface area (Å²) in [6.45, 7) is 4.89. The molecule has 2 rings (SSSR count). The molecule has 1 heterocycles. The van der Waals surface area contributed by atoms with Gasteiger partial charge in [0.15, 0.2) is 6.10 Å². The molecule has 0 spiro atoms. The largest absolute Gasteiger partial charge is 0.481 e. The van der Waals surface area contributed by atoms with Crippen LogP contribution in [0.5, 0.6) is 5.75 Å². The lowest BCUT2D eigenvalue weighted by molar-refractivity contribution is -0.141. The fraction of sp³-hybridized carbons (Fsp3) is 0.556. The number of likely N-dealkylation sites (N-methyl/N-ethyl adjacent to an activating group) is 1. The van der Waals surface area contributed by atoms with Gasteiger partial charge < -0.3 is 14.7 Å². The number of nitrogens with zero attached hydrogens (tertiary/aromatic N) is 2. The minimum atomic E-state index is -0.832. The van der Waals surface area contributed by atoms with Crippen LogP contribution in [-0.2, 0) is 9.59 Å². The molecule has 1 N–H and O–H groups in total. The van der Waals surface area contributed by atoms with Crippen LogP contribution in [0.2, 0.25) is 5.02 Å². The van der Waals surface area contributed by atoms with Gasteiger partial charge in [-0.15, -0.1) is 0 Å². The number of likely N-dealkylation sites (tertiary alicyclic amines) is 1. The van der Waals surface area contributed by atoms with Crippen LogP contribution >= 0.6 is 11.6 Å². The molecule has 0 bridgehead atoms. The molecule has 1 saturated heterocycles. The molecular formula is C18H25ClN2O4. The van der Waals surface area contributed by atoms with E-state index in [4.69, 9.17) is 21.4 Å². The summed E-state index contributed by atoms with van der Waals surface area (Å²) in [7, 11) is 1.81. The molecule has 1 aliphatic heterocycles. The van der Waals surface area contributed by atoms with Crippen molar-refractivity contribution in [2.24, 2.45) is 0 Å². The number of hydrogen-bond donors (Lipinski definition) is 1. The van der Waals surface area contributed by atoms with E-state index in [9.17, 15) is 9.59 Å². The number of amides is 1. The quantitative estimate of drug-likeness (QED) is 0.835. The Morgan fingerprint density at radius 1 is 1.40 bits per heavy atom. The van der Waals surface area contributed by atoms with Gasteiger partial charge in [0.2, 0.25) is 0 Å². The topological polar surface area (TPSA) is 70.1 Å². The van der Waals surface area contributed by atoms with Gasteiger partial charge in [0.05, 0.1) is 6.54 Å². The lowest BCUT2D eigenvalue weighted by Crippen LogP contribution is -2.49. The fourth-order valence-electron chi connectivity index (χ4n) is 3.11. The van der Waals surface area contributed by atoms with Crippen molar-refractivity contribution in [3.05, 3.63) is 28.8 Å². The zero-order valence-electron chi connectivity index (χ0n) is 14.9. The van der Waals surface area contributed by atoms with E-state index < -0.39 is 12.1 Å². The third-order valence-corrected chi connectivity index (χ3v) is 4.81. The average molecular weight is 369 g/mol. The Hall–Kier alpha value is -1.79. The van der Waals surface area contributed by atoms with Gasteiger partial charge in [-0.25, -0.2) is 0 Å². The molecule has 1 aromatic rings. The fourth-order valence-corrected chi connectivity index (χ4v) is 3.34. The maximum absolute atomic E-state index is 12.6. The number of piperidine rings is 1. The summed E-state index contributed by atoms with van der Waals surface area (Å²) in [6.07, 6.45) is 0.956. The van der Waals surface area contributed by atoms with Gasteiger partial charge in [-0.1, -0.05) is 11.6 Å². The van der Waals surface area contributed by atoms with Crippen molar-refractivity contribution in [3.8, 4) is 5.75 Å². The molecular weight excluding hydrogens is 344 g/mol. The predicted octanol–water partition coefficient (Wildman–Crippen LogP) is 2.42. The van der Waals surface area contributed by atoms with Crippen molar-refractivity contribution in [2.45, 2.75) is 38.8 Å². The third kappa shape index (κ3) is 5.34. The predicted molar refractivity (Wildman–Crippen MR) is 96.1 cm³/mol. The SMILES string of the molecule is Cc1cc(Cl)ccc1O[C@H](C)C(=O)N1CCC(N(C)CC(=O)O)CC1. The number of carbonyl (C=O) groups excluding carboxylic acids is 1. The molecule has 0 radical (unpaired) electrons. The second-order valence-electron chi connectivity index (χ2n) is 6.54. The first kappa shape index (κ1) is 19.5. The standard InChI is InChI=1S/C18H25ClN2O4/c1-12-10-14(19)4-5-16(12)25-13(2)18(24)21-8-6-15(7-9-21)20(3)11-17(22)23/h4-5,10,13,15H,6-9,11H2,1-3H3,(H,22,23)/t13-/m1/s1. The molecule has 6 nitrogen and oxygen atoms in total. The number of carboxylic acids is 1. The zero-order chi connectivity index (χ0) is 18.6. The maximum atomic E-state index is 12.6. The first-order valence-electron chi connectivity index (χ1n) is 8.41. The lowest BCUT2D eigenvalue weighted by Gasteiger charge is -2.37. The number of aliphatic carboxylic acids is 1. The van der Waals surface area contributed by atoms with Gasteiger partial charge in [0.25, 0.3) is 5.91 Å². The van der Waals surface area contributed by atoms with Crippen molar-refractivity contribution in [2.75, 3.05) is 26.7 Å². The minimum Gasteiger partial charge on any atom is -0.481 e. The van der Waals surface area contributed by atoms with Gasteiger partial charge in [0, 0.05) is 24.2 Å². The lowest BCUT2D eigenvalue weighted by atomic mass is 10.0. The molecule has 0 unspecified atom stereocenters. The molecule has 138 valence electrons. The monoisotopic (exact) mass is 368 g/mol. The van der Waals surface area contributed by atoms with Crippen LogP contribution < -0.4 is 4.74 Å². The van der Waals surface area contributed by atoms with E-state index in [1.165, 1.54) is 0 Å². The van der Waals surface area contributed by atoms with Crippen molar-refractivity contribution in [1.29, 1.82) is 0 Å². The molecule has 1 aliphatic rings. The van der Waals surface area contributed by atoms with Crippen LogP contribution in [-0.4, -0.2) is 65.6 Å². The summed E-state index contributed by atoms with van der Waals surface area (Å²) in [6, 6.07) is 5.51. The van der Waals surface area contributed by atoms with Gasteiger partial charge in [0.1, 0.15) is 5.75 Å². The Kier molecular flexibility index (Phi) is 6.67. The van der Waals surface area contributed by atoms with Crippen LogP contribution in [0.4, 0.5) is 0 Å². The van der Waals surface area contributed by atoms with Crippen LogP contribution in [0, 0.1) is 6.92 Å². The molecule has 0 saturated carbocycles. The maximum Gasteiger partial charge on any atom is 0.317 e. The Bertz CT molecular complexity index is 630. The van der Waals surface area contributed by atoms with Gasteiger partial charge in [-0.2, -0.15) is 0 Å². The highest BCUT2D eigenvalue weighted by Gasteiger charge is 2.29. The second-order valence-corrected chi connectivity index (χ2v) is 6.97. The van der Waals surface area contributed by atoms with Crippen LogP contribution in [0.3, 0.4) is 0 Å². The van der Waals surface area contributed by atoms with E-state index in [0.29, 0.717) is 23.9 Å². The summed E-state index contributed by atoms with van der Waals surface area (Å²) in [5, 5.41) is 9.51. The van der Waals surface area contributed by atoms with Crippen LogP contribution in [0.1, 0.15) is 25.3 Å². The summed E-state index contributed by atoms with van der Waals surface area (Å²) in [4.78, 5) is 27.0. The summed E-state index contributed by atoms with van der Waals surface area (Å²) in [5.74, 6) is -0.226.